The summed E-state index contributed by atoms with van der Waals surface area (Å²) in [7, 11) is 1.35. The van der Waals surface area contributed by atoms with Crippen molar-refractivity contribution >= 4 is 17.8 Å². The topological polar surface area (TPSA) is 52.6 Å². The zero-order valence-corrected chi connectivity index (χ0v) is 13.7. The zero-order valence-electron chi connectivity index (χ0n) is 13.7. The highest BCUT2D eigenvalue weighted by Crippen LogP contribution is 2.18. The molecule has 2 aromatic rings. The van der Waals surface area contributed by atoms with Gasteiger partial charge in [0, 0.05) is 11.6 Å². The largest absolute Gasteiger partial charge is 0.494 e. The van der Waals surface area contributed by atoms with Crippen LogP contribution >= 0.6 is 0 Å². The number of halogens is 2. The molecular weight excluding hydrogens is 330 g/mol. The van der Waals surface area contributed by atoms with Gasteiger partial charge in [0.15, 0.2) is 17.7 Å². The van der Waals surface area contributed by atoms with Gasteiger partial charge in [-0.05, 0) is 55.0 Å². The van der Waals surface area contributed by atoms with Gasteiger partial charge in [-0.25, -0.2) is 13.6 Å². The van der Waals surface area contributed by atoms with Crippen LogP contribution < -0.4 is 4.74 Å². The van der Waals surface area contributed by atoms with Crippen molar-refractivity contribution in [2.75, 3.05) is 7.11 Å². The minimum Gasteiger partial charge on any atom is -0.494 e. The van der Waals surface area contributed by atoms with Crippen molar-refractivity contribution in [3.63, 3.8) is 0 Å². The summed E-state index contributed by atoms with van der Waals surface area (Å²) in [5, 5.41) is 0. The van der Waals surface area contributed by atoms with E-state index in [4.69, 9.17) is 9.47 Å². The summed E-state index contributed by atoms with van der Waals surface area (Å²) in [5.74, 6) is -2.12. The normalized spacial score (nSPS) is 12.0. The van der Waals surface area contributed by atoms with Crippen LogP contribution in [0, 0.1) is 11.6 Å². The van der Waals surface area contributed by atoms with Gasteiger partial charge in [-0.2, -0.15) is 0 Å². The molecule has 0 saturated carbocycles. The standard InChI is InChI=1S/C19H16F2O4/c1-12(19(23)14-5-7-15(20)8-6-14)25-18(22)10-4-13-3-9-17(24-2)16(21)11-13/h3-12H,1-2H3/b10-4+/t12-/m1/s1. The molecule has 0 aromatic heterocycles. The molecule has 6 heteroatoms. The molecule has 2 aromatic carbocycles. The first-order valence-electron chi connectivity index (χ1n) is 7.42. The summed E-state index contributed by atoms with van der Waals surface area (Å²) in [4.78, 5) is 23.9. The third-order valence-corrected chi connectivity index (χ3v) is 3.38. The first-order valence-corrected chi connectivity index (χ1v) is 7.42. The molecule has 4 nitrogen and oxygen atoms in total. The number of benzene rings is 2. The van der Waals surface area contributed by atoms with Crippen molar-refractivity contribution in [1.29, 1.82) is 0 Å². The van der Waals surface area contributed by atoms with Crippen LogP contribution in [0.4, 0.5) is 8.78 Å². The van der Waals surface area contributed by atoms with E-state index in [1.807, 2.05) is 0 Å². The molecule has 0 aliphatic heterocycles. The number of ketones is 1. The monoisotopic (exact) mass is 346 g/mol. The molecule has 0 N–H and O–H groups in total. The van der Waals surface area contributed by atoms with E-state index in [0.717, 1.165) is 18.2 Å². The lowest BCUT2D eigenvalue weighted by Gasteiger charge is -2.10. The minimum atomic E-state index is -1.03. The lowest BCUT2D eigenvalue weighted by Crippen LogP contribution is -2.23. The molecule has 1 atom stereocenters. The van der Waals surface area contributed by atoms with Crippen LogP contribution in [0.2, 0.25) is 0 Å². The van der Waals surface area contributed by atoms with Crippen LogP contribution in [0.15, 0.2) is 48.5 Å². The molecule has 0 unspecified atom stereocenters. The Hall–Kier alpha value is -3.02. The van der Waals surface area contributed by atoms with Gasteiger partial charge in [0.2, 0.25) is 5.78 Å². The Morgan fingerprint density at radius 2 is 1.76 bits per heavy atom. The molecule has 2 rings (SSSR count). The van der Waals surface area contributed by atoms with Gasteiger partial charge in [0.05, 0.1) is 7.11 Å². The number of methoxy groups -OCH3 is 1. The Morgan fingerprint density at radius 3 is 2.36 bits per heavy atom. The zero-order chi connectivity index (χ0) is 18.4. The van der Waals surface area contributed by atoms with Gasteiger partial charge in [-0.15, -0.1) is 0 Å². The third kappa shape index (κ3) is 4.97. The third-order valence-electron chi connectivity index (χ3n) is 3.38. The first-order chi connectivity index (χ1) is 11.9. The van der Waals surface area contributed by atoms with Crippen molar-refractivity contribution in [2.24, 2.45) is 0 Å². The van der Waals surface area contributed by atoms with E-state index in [0.29, 0.717) is 5.56 Å². The Balaban J connectivity index is 1.98. The fourth-order valence-electron chi connectivity index (χ4n) is 2.07. The number of ether oxygens (including phenoxy) is 2. The smallest absolute Gasteiger partial charge is 0.331 e. The van der Waals surface area contributed by atoms with Crippen molar-refractivity contribution < 1.29 is 27.8 Å². The summed E-state index contributed by atoms with van der Waals surface area (Å²) in [6.07, 6.45) is 1.42. The average Bonchev–Trinajstić information content (AvgIpc) is 2.60. The molecule has 0 heterocycles. The second kappa shape index (κ2) is 8.19. The predicted octanol–water partition coefficient (Wildman–Crippen LogP) is 3.80. The lowest BCUT2D eigenvalue weighted by molar-refractivity contribution is -0.140. The number of hydrogen-bond acceptors (Lipinski definition) is 4. The van der Waals surface area contributed by atoms with Crippen molar-refractivity contribution in [3.8, 4) is 5.75 Å². The summed E-state index contributed by atoms with van der Waals surface area (Å²) in [6, 6.07) is 9.14. The maximum Gasteiger partial charge on any atom is 0.331 e. The number of Topliss-reactive ketones (excluding diaryl/α,β-unsaturated/α-hetero) is 1. The number of carbonyl (C=O) groups is 2. The van der Waals surface area contributed by atoms with Gasteiger partial charge < -0.3 is 9.47 Å². The van der Waals surface area contributed by atoms with Crippen LogP contribution in [-0.2, 0) is 9.53 Å². The average molecular weight is 346 g/mol. The highest BCUT2D eigenvalue weighted by molar-refractivity contribution is 6.01. The predicted molar refractivity (Wildman–Crippen MR) is 88.3 cm³/mol. The fourth-order valence-corrected chi connectivity index (χ4v) is 2.07. The summed E-state index contributed by atoms with van der Waals surface area (Å²) >= 11 is 0. The number of hydrogen-bond donors (Lipinski definition) is 0. The first kappa shape index (κ1) is 18.3. The number of carbonyl (C=O) groups excluding carboxylic acids is 2. The maximum absolute atomic E-state index is 13.6. The summed E-state index contributed by atoms with van der Waals surface area (Å²) < 4.78 is 36.2. The number of esters is 1. The van der Waals surface area contributed by atoms with Gasteiger partial charge >= 0.3 is 5.97 Å². The van der Waals surface area contributed by atoms with Crippen LogP contribution in [0.25, 0.3) is 6.08 Å². The van der Waals surface area contributed by atoms with E-state index >= 15 is 0 Å². The fraction of sp³-hybridized carbons (Fsp3) is 0.158. The lowest BCUT2D eigenvalue weighted by atomic mass is 10.1. The van der Waals surface area contributed by atoms with Crippen molar-refractivity contribution in [1.82, 2.24) is 0 Å². The van der Waals surface area contributed by atoms with Gasteiger partial charge in [-0.1, -0.05) is 6.07 Å². The summed E-state index contributed by atoms with van der Waals surface area (Å²) in [6.45, 7) is 1.42. The van der Waals surface area contributed by atoms with E-state index < -0.39 is 29.5 Å². The van der Waals surface area contributed by atoms with Gasteiger partial charge in [-0.3, -0.25) is 4.79 Å². The van der Waals surface area contributed by atoms with Crippen molar-refractivity contribution in [2.45, 2.75) is 13.0 Å². The van der Waals surface area contributed by atoms with Gasteiger partial charge in [0.25, 0.3) is 0 Å². The van der Waals surface area contributed by atoms with Gasteiger partial charge in [0.1, 0.15) is 5.82 Å². The number of rotatable bonds is 6. The molecular formula is C19H16F2O4. The second-order valence-electron chi connectivity index (χ2n) is 5.18. The molecule has 130 valence electrons. The molecule has 0 amide bonds. The molecule has 25 heavy (non-hydrogen) atoms. The summed E-state index contributed by atoms with van der Waals surface area (Å²) in [5.41, 5.74) is 0.677. The minimum absolute atomic E-state index is 0.0956. The molecule has 0 saturated heterocycles. The van der Waals surface area contributed by atoms with Crippen LogP contribution in [-0.4, -0.2) is 25.0 Å². The SMILES string of the molecule is COc1ccc(/C=C/C(=O)O[C@H](C)C(=O)c2ccc(F)cc2)cc1F. The molecule has 0 aliphatic carbocycles. The molecule has 0 fully saturated rings. The molecule has 0 aliphatic rings. The van der Waals surface area contributed by atoms with E-state index in [-0.39, 0.29) is 11.3 Å². The Labute approximate surface area is 143 Å². The van der Waals surface area contributed by atoms with Crippen LogP contribution in [0.1, 0.15) is 22.8 Å². The van der Waals surface area contributed by atoms with E-state index in [2.05, 4.69) is 0 Å². The van der Waals surface area contributed by atoms with Crippen LogP contribution in [0.5, 0.6) is 5.75 Å². The maximum atomic E-state index is 13.6. The molecule has 0 spiro atoms. The highest BCUT2D eigenvalue weighted by atomic mass is 19.1. The Bertz CT molecular complexity index is 798. The van der Waals surface area contributed by atoms with E-state index in [9.17, 15) is 18.4 Å². The van der Waals surface area contributed by atoms with Crippen LogP contribution in [0.3, 0.4) is 0 Å². The van der Waals surface area contributed by atoms with E-state index in [1.54, 1.807) is 6.07 Å². The second-order valence-corrected chi connectivity index (χ2v) is 5.18. The Kier molecular flexibility index (Phi) is 6.00. The van der Waals surface area contributed by atoms with Crippen molar-refractivity contribution in [3.05, 3.63) is 71.3 Å². The Morgan fingerprint density at radius 1 is 1.08 bits per heavy atom. The molecule has 0 bridgehead atoms. The quantitative estimate of drug-likeness (QED) is 0.453. The molecule has 0 radical (unpaired) electrons. The van der Waals surface area contributed by atoms with E-state index in [1.165, 1.54) is 44.4 Å². The highest BCUT2D eigenvalue weighted by Gasteiger charge is 2.18.